The van der Waals surface area contributed by atoms with Gasteiger partial charge in [-0.25, -0.2) is 9.67 Å². The molecule has 0 aliphatic heterocycles. The summed E-state index contributed by atoms with van der Waals surface area (Å²) in [6.07, 6.45) is 7.39. The van der Waals surface area contributed by atoms with Gasteiger partial charge < -0.3 is 5.32 Å². The zero-order valence-corrected chi connectivity index (χ0v) is 15.5. The first kappa shape index (κ1) is 16.5. The molecule has 4 aromatic rings. The molecule has 0 saturated carbocycles. The zero-order valence-electron chi connectivity index (χ0n) is 13.9. The smallest absolute Gasteiger partial charge is 0.126 e. The summed E-state index contributed by atoms with van der Waals surface area (Å²) in [6, 6.07) is 17.9. The minimum Gasteiger partial charge on any atom is -0.366 e. The van der Waals surface area contributed by atoms with Crippen molar-refractivity contribution in [1.29, 1.82) is 0 Å². The Morgan fingerprint density at radius 1 is 0.962 bits per heavy atom. The van der Waals surface area contributed by atoms with Crippen LogP contribution in [0.5, 0.6) is 0 Å². The third kappa shape index (κ3) is 3.65. The Kier molecular flexibility index (Phi) is 4.75. The van der Waals surface area contributed by atoms with E-state index in [4.69, 9.17) is 5.10 Å². The van der Waals surface area contributed by atoms with Gasteiger partial charge in [-0.1, -0.05) is 18.2 Å². The fourth-order valence-electron chi connectivity index (χ4n) is 2.67. The first-order valence-corrected chi connectivity index (χ1v) is 8.99. The van der Waals surface area contributed by atoms with E-state index in [1.165, 1.54) is 0 Å². The predicted molar refractivity (Wildman–Crippen MR) is 106 cm³/mol. The van der Waals surface area contributed by atoms with Crippen LogP contribution >= 0.6 is 15.9 Å². The number of nitrogens with zero attached hydrogens (tertiary/aromatic N) is 4. The summed E-state index contributed by atoms with van der Waals surface area (Å²) in [5, 5.41) is 8.16. The van der Waals surface area contributed by atoms with E-state index in [2.05, 4.69) is 37.4 Å². The van der Waals surface area contributed by atoms with Gasteiger partial charge in [-0.3, -0.25) is 4.98 Å². The van der Waals surface area contributed by atoms with Crippen molar-refractivity contribution < 1.29 is 0 Å². The van der Waals surface area contributed by atoms with Crippen molar-refractivity contribution >= 4 is 21.7 Å². The Morgan fingerprint density at radius 3 is 2.50 bits per heavy atom. The lowest BCUT2D eigenvalue weighted by Gasteiger charge is -2.05. The number of halogens is 1. The van der Waals surface area contributed by atoms with E-state index >= 15 is 0 Å². The lowest BCUT2D eigenvalue weighted by Crippen LogP contribution is -2.01. The third-order valence-corrected chi connectivity index (χ3v) is 4.42. The zero-order chi connectivity index (χ0) is 17.8. The van der Waals surface area contributed by atoms with E-state index in [-0.39, 0.29) is 0 Å². The van der Waals surface area contributed by atoms with Crippen molar-refractivity contribution in [2.45, 2.75) is 6.54 Å². The molecule has 0 spiro atoms. The Morgan fingerprint density at radius 2 is 1.77 bits per heavy atom. The maximum Gasteiger partial charge on any atom is 0.126 e. The summed E-state index contributed by atoms with van der Waals surface area (Å²) >= 11 is 3.40. The lowest BCUT2D eigenvalue weighted by atomic mass is 10.1. The quantitative estimate of drug-likeness (QED) is 0.522. The molecule has 0 aliphatic carbocycles. The first-order chi connectivity index (χ1) is 12.8. The van der Waals surface area contributed by atoms with E-state index in [0.717, 1.165) is 32.8 Å². The molecular formula is C20H16BrN5. The van der Waals surface area contributed by atoms with Crippen LogP contribution in [0.25, 0.3) is 16.9 Å². The standard InChI is InChI=1S/C20H16BrN5/c21-17-6-7-19(24-13-17)23-12-16-14-26(18-4-2-1-3-5-18)25-20(16)15-8-10-22-11-9-15/h1-11,13-14H,12H2,(H,23,24). The molecule has 3 heterocycles. The fraction of sp³-hybridized carbons (Fsp3) is 0.0500. The number of hydrogen-bond acceptors (Lipinski definition) is 4. The highest BCUT2D eigenvalue weighted by molar-refractivity contribution is 9.10. The summed E-state index contributed by atoms with van der Waals surface area (Å²) in [6.45, 7) is 0.624. The number of aromatic nitrogens is 4. The van der Waals surface area contributed by atoms with Gasteiger partial charge in [-0.2, -0.15) is 5.10 Å². The minimum atomic E-state index is 0.624. The highest BCUT2D eigenvalue weighted by Gasteiger charge is 2.12. The second-order valence-electron chi connectivity index (χ2n) is 5.73. The monoisotopic (exact) mass is 405 g/mol. The number of hydrogen-bond donors (Lipinski definition) is 1. The Hall–Kier alpha value is -2.99. The molecule has 0 saturated heterocycles. The number of anilines is 1. The highest BCUT2D eigenvalue weighted by Crippen LogP contribution is 2.24. The van der Waals surface area contributed by atoms with Crippen molar-refractivity contribution in [2.75, 3.05) is 5.32 Å². The highest BCUT2D eigenvalue weighted by atomic mass is 79.9. The maximum absolute atomic E-state index is 4.80. The van der Waals surface area contributed by atoms with Gasteiger partial charge in [0.1, 0.15) is 5.82 Å². The van der Waals surface area contributed by atoms with Gasteiger partial charge in [-0.15, -0.1) is 0 Å². The van der Waals surface area contributed by atoms with Crippen molar-refractivity contribution in [2.24, 2.45) is 0 Å². The Labute approximate surface area is 159 Å². The van der Waals surface area contributed by atoms with Gasteiger partial charge in [0, 0.05) is 46.9 Å². The van der Waals surface area contributed by atoms with Crippen molar-refractivity contribution in [3.05, 3.63) is 89.4 Å². The van der Waals surface area contributed by atoms with Gasteiger partial charge in [0.05, 0.1) is 11.4 Å². The molecule has 3 aromatic heterocycles. The Bertz CT molecular complexity index is 982. The molecule has 1 N–H and O–H groups in total. The van der Waals surface area contributed by atoms with Crippen LogP contribution in [-0.2, 0) is 6.54 Å². The molecular weight excluding hydrogens is 390 g/mol. The van der Waals surface area contributed by atoms with Gasteiger partial charge in [0.25, 0.3) is 0 Å². The Balaban J connectivity index is 1.67. The van der Waals surface area contributed by atoms with Crippen LogP contribution in [0, 0.1) is 0 Å². The molecule has 26 heavy (non-hydrogen) atoms. The molecule has 5 nitrogen and oxygen atoms in total. The second-order valence-corrected chi connectivity index (χ2v) is 6.65. The summed E-state index contributed by atoms with van der Waals surface area (Å²) in [7, 11) is 0. The lowest BCUT2D eigenvalue weighted by molar-refractivity contribution is 0.883. The van der Waals surface area contributed by atoms with Crippen LogP contribution in [0.4, 0.5) is 5.82 Å². The number of pyridine rings is 2. The number of nitrogens with one attached hydrogen (secondary N) is 1. The van der Waals surface area contributed by atoms with Crippen LogP contribution in [0.15, 0.2) is 83.9 Å². The molecule has 0 amide bonds. The molecule has 0 bridgehead atoms. The molecule has 0 aliphatic rings. The summed E-state index contributed by atoms with van der Waals surface area (Å²) in [5.41, 5.74) is 4.08. The summed E-state index contributed by atoms with van der Waals surface area (Å²) in [4.78, 5) is 8.47. The number of benzene rings is 1. The topological polar surface area (TPSA) is 55.6 Å². The third-order valence-electron chi connectivity index (χ3n) is 3.95. The number of rotatable bonds is 5. The van der Waals surface area contributed by atoms with Gasteiger partial charge in [0.15, 0.2) is 0 Å². The molecule has 128 valence electrons. The SMILES string of the molecule is Brc1ccc(NCc2cn(-c3ccccc3)nc2-c2ccncc2)nc1. The van der Waals surface area contributed by atoms with E-state index in [1.807, 2.05) is 59.3 Å². The normalized spacial score (nSPS) is 10.7. The first-order valence-electron chi connectivity index (χ1n) is 8.19. The predicted octanol–water partition coefficient (Wildman–Crippen LogP) is 4.70. The van der Waals surface area contributed by atoms with Crippen molar-refractivity contribution in [3.63, 3.8) is 0 Å². The maximum atomic E-state index is 4.80. The summed E-state index contributed by atoms with van der Waals surface area (Å²) in [5.74, 6) is 0.821. The van der Waals surface area contributed by atoms with Crippen LogP contribution in [-0.4, -0.2) is 19.7 Å². The van der Waals surface area contributed by atoms with Gasteiger partial charge >= 0.3 is 0 Å². The van der Waals surface area contributed by atoms with Gasteiger partial charge in [0.2, 0.25) is 0 Å². The molecule has 1 aromatic carbocycles. The molecule has 0 fully saturated rings. The van der Waals surface area contributed by atoms with Crippen molar-refractivity contribution in [1.82, 2.24) is 19.7 Å². The molecule has 6 heteroatoms. The van der Waals surface area contributed by atoms with E-state index < -0.39 is 0 Å². The second kappa shape index (κ2) is 7.49. The molecule has 4 rings (SSSR count). The average molecular weight is 406 g/mol. The molecule has 0 unspecified atom stereocenters. The van der Waals surface area contributed by atoms with Crippen LogP contribution < -0.4 is 5.32 Å². The van der Waals surface area contributed by atoms with Crippen molar-refractivity contribution in [3.8, 4) is 16.9 Å². The van der Waals surface area contributed by atoms with Crippen LogP contribution in [0.1, 0.15) is 5.56 Å². The van der Waals surface area contributed by atoms with E-state index in [9.17, 15) is 0 Å². The number of para-hydroxylation sites is 1. The summed E-state index contributed by atoms with van der Waals surface area (Å²) < 4.78 is 2.86. The largest absolute Gasteiger partial charge is 0.366 e. The average Bonchev–Trinajstić information content (AvgIpc) is 3.13. The van der Waals surface area contributed by atoms with E-state index in [0.29, 0.717) is 6.54 Å². The fourth-order valence-corrected chi connectivity index (χ4v) is 2.91. The van der Waals surface area contributed by atoms with Gasteiger partial charge in [-0.05, 0) is 52.3 Å². The molecule has 0 radical (unpaired) electrons. The van der Waals surface area contributed by atoms with E-state index in [1.54, 1.807) is 18.6 Å². The molecule has 0 atom stereocenters. The van der Waals surface area contributed by atoms with Crippen LogP contribution in [0.3, 0.4) is 0 Å². The minimum absolute atomic E-state index is 0.624. The van der Waals surface area contributed by atoms with Crippen LogP contribution in [0.2, 0.25) is 0 Å².